The Morgan fingerprint density at radius 3 is 2.92 bits per heavy atom. The normalized spacial score (nSPS) is 17.0. The fourth-order valence-electron chi connectivity index (χ4n) is 2.99. The Hall–Kier alpha value is -2.67. The van der Waals surface area contributed by atoms with E-state index >= 15 is 0 Å². The van der Waals surface area contributed by atoms with E-state index in [1.165, 1.54) is 24.3 Å². The third-order valence-electron chi connectivity index (χ3n) is 4.30. The average molecular weight is 356 g/mol. The highest BCUT2D eigenvalue weighted by atomic mass is 32.1. The van der Waals surface area contributed by atoms with Crippen molar-refractivity contribution < 1.29 is 9.18 Å². The molecule has 2 N–H and O–H groups in total. The number of hydrogen-bond acceptors (Lipinski definition) is 4. The summed E-state index contributed by atoms with van der Waals surface area (Å²) in [5.74, 6) is 0.374. The molecule has 0 saturated carbocycles. The lowest BCUT2D eigenvalue weighted by Gasteiger charge is -2.16. The topological polar surface area (TPSA) is 61.0 Å². The van der Waals surface area contributed by atoms with Gasteiger partial charge in [-0.2, -0.15) is 5.10 Å². The van der Waals surface area contributed by atoms with E-state index in [1.54, 1.807) is 11.3 Å². The summed E-state index contributed by atoms with van der Waals surface area (Å²) in [5.41, 5.74) is 1.48. The molecule has 0 spiro atoms. The van der Waals surface area contributed by atoms with Crippen LogP contribution in [0.1, 0.15) is 16.8 Å². The van der Waals surface area contributed by atoms with Crippen molar-refractivity contribution in [3.63, 3.8) is 0 Å². The van der Waals surface area contributed by atoms with Gasteiger partial charge in [0.1, 0.15) is 5.82 Å². The SMILES string of the molecule is O=C(N[C@@H]1CCN(c2cc(-c3cccs3)[nH]n2)C1)c1ccc(F)cc1. The van der Waals surface area contributed by atoms with Gasteiger partial charge in [-0.05, 0) is 42.1 Å². The van der Waals surface area contributed by atoms with Gasteiger partial charge in [0.15, 0.2) is 5.82 Å². The second-order valence-corrected chi connectivity index (χ2v) is 6.98. The van der Waals surface area contributed by atoms with Crippen LogP contribution in [0.2, 0.25) is 0 Å². The fraction of sp³-hybridized carbons (Fsp3) is 0.222. The van der Waals surface area contributed by atoms with Crippen molar-refractivity contribution in [1.82, 2.24) is 15.5 Å². The van der Waals surface area contributed by atoms with Crippen molar-refractivity contribution in [3.8, 4) is 10.6 Å². The van der Waals surface area contributed by atoms with E-state index in [4.69, 9.17) is 0 Å². The molecule has 25 heavy (non-hydrogen) atoms. The van der Waals surface area contributed by atoms with Gasteiger partial charge in [0, 0.05) is 30.8 Å². The largest absolute Gasteiger partial charge is 0.353 e. The number of H-pyrrole nitrogens is 1. The molecule has 4 rings (SSSR count). The number of rotatable bonds is 4. The van der Waals surface area contributed by atoms with E-state index in [1.807, 2.05) is 17.5 Å². The molecule has 1 atom stereocenters. The predicted octanol–water partition coefficient (Wildman–Crippen LogP) is 3.29. The Morgan fingerprint density at radius 2 is 2.16 bits per heavy atom. The quantitative estimate of drug-likeness (QED) is 0.754. The first-order valence-electron chi connectivity index (χ1n) is 8.10. The number of anilines is 1. The first-order chi connectivity index (χ1) is 12.2. The number of nitrogens with one attached hydrogen (secondary N) is 2. The molecule has 0 bridgehead atoms. The van der Waals surface area contributed by atoms with Gasteiger partial charge in [-0.3, -0.25) is 9.89 Å². The lowest BCUT2D eigenvalue weighted by Crippen LogP contribution is -2.37. The van der Waals surface area contributed by atoms with Crippen LogP contribution in [0, 0.1) is 5.82 Å². The number of thiophene rings is 1. The minimum Gasteiger partial charge on any atom is -0.353 e. The number of carbonyl (C=O) groups excluding carboxylic acids is 1. The average Bonchev–Trinajstić information content (AvgIpc) is 3.36. The predicted molar refractivity (Wildman–Crippen MR) is 96.4 cm³/mol. The molecule has 1 fully saturated rings. The van der Waals surface area contributed by atoms with Crippen LogP contribution in [-0.2, 0) is 0 Å². The lowest BCUT2D eigenvalue weighted by atomic mass is 10.2. The molecule has 1 aliphatic heterocycles. The summed E-state index contributed by atoms with van der Waals surface area (Å²) in [6, 6.07) is 11.7. The molecule has 5 nitrogen and oxygen atoms in total. The zero-order valence-corrected chi connectivity index (χ0v) is 14.2. The Morgan fingerprint density at radius 1 is 1.32 bits per heavy atom. The number of aromatic nitrogens is 2. The Bertz CT molecular complexity index is 860. The number of hydrogen-bond donors (Lipinski definition) is 2. The second kappa shape index (κ2) is 6.68. The molecule has 1 saturated heterocycles. The van der Waals surface area contributed by atoms with Gasteiger partial charge in [-0.1, -0.05) is 6.07 Å². The van der Waals surface area contributed by atoms with E-state index in [2.05, 4.69) is 26.5 Å². The second-order valence-electron chi connectivity index (χ2n) is 6.03. The smallest absolute Gasteiger partial charge is 0.251 e. The minimum absolute atomic E-state index is 0.0550. The summed E-state index contributed by atoms with van der Waals surface area (Å²) in [5, 5.41) is 12.5. The van der Waals surface area contributed by atoms with Crippen LogP contribution < -0.4 is 10.2 Å². The van der Waals surface area contributed by atoms with Crippen LogP contribution >= 0.6 is 11.3 Å². The molecule has 3 heterocycles. The van der Waals surface area contributed by atoms with E-state index in [9.17, 15) is 9.18 Å². The summed E-state index contributed by atoms with van der Waals surface area (Å²) in [6.07, 6.45) is 0.855. The molecular weight excluding hydrogens is 339 g/mol. The van der Waals surface area contributed by atoms with E-state index in [-0.39, 0.29) is 17.8 Å². The van der Waals surface area contributed by atoms with Gasteiger partial charge in [-0.25, -0.2) is 4.39 Å². The Labute approximate surface area is 148 Å². The molecule has 128 valence electrons. The van der Waals surface area contributed by atoms with Crippen LogP contribution in [0.15, 0.2) is 47.8 Å². The first kappa shape index (κ1) is 15.8. The number of halogens is 1. The zero-order chi connectivity index (χ0) is 17.2. The van der Waals surface area contributed by atoms with Crippen molar-refractivity contribution in [2.75, 3.05) is 18.0 Å². The molecule has 1 amide bonds. The number of amides is 1. The van der Waals surface area contributed by atoms with Crippen LogP contribution in [0.25, 0.3) is 10.6 Å². The van der Waals surface area contributed by atoms with Gasteiger partial charge in [0.2, 0.25) is 0 Å². The monoisotopic (exact) mass is 356 g/mol. The van der Waals surface area contributed by atoms with Gasteiger partial charge in [0.25, 0.3) is 5.91 Å². The maximum Gasteiger partial charge on any atom is 0.251 e. The Balaban J connectivity index is 1.38. The highest BCUT2D eigenvalue weighted by Gasteiger charge is 2.26. The zero-order valence-electron chi connectivity index (χ0n) is 13.4. The third kappa shape index (κ3) is 3.41. The maximum atomic E-state index is 13.0. The highest BCUT2D eigenvalue weighted by molar-refractivity contribution is 7.13. The Kier molecular flexibility index (Phi) is 4.23. The van der Waals surface area contributed by atoms with Crippen molar-refractivity contribution >= 4 is 23.1 Å². The third-order valence-corrected chi connectivity index (χ3v) is 5.21. The number of benzene rings is 1. The standard InChI is InChI=1S/C18H17FN4OS/c19-13-5-3-12(4-6-13)18(24)20-14-7-8-23(11-14)17-10-15(21-22-17)16-2-1-9-25-16/h1-6,9-10,14H,7-8,11H2,(H,20,24)(H,21,22)/t14-/m1/s1. The van der Waals surface area contributed by atoms with Gasteiger partial charge in [-0.15, -0.1) is 11.3 Å². The summed E-state index contributed by atoms with van der Waals surface area (Å²) in [6.45, 7) is 1.55. The van der Waals surface area contributed by atoms with Crippen LogP contribution in [0.4, 0.5) is 10.2 Å². The summed E-state index contributed by atoms with van der Waals surface area (Å²) < 4.78 is 13.0. The molecule has 1 aromatic carbocycles. The van der Waals surface area contributed by atoms with Crippen molar-refractivity contribution in [2.45, 2.75) is 12.5 Å². The van der Waals surface area contributed by atoms with Crippen molar-refractivity contribution in [1.29, 1.82) is 0 Å². The summed E-state index contributed by atoms with van der Waals surface area (Å²) >= 11 is 1.67. The van der Waals surface area contributed by atoms with Gasteiger partial charge in [0.05, 0.1) is 10.6 Å². The molecule has 3 aromatic rings. The minimum atomic E-state index is -0.344. The fourth-order valence-corrected chi connectivity index (χ4v) is 3.68. The molecule has 2 aromatic heterocycles. The lowest BCUT2D eigenvalue weighted by molar-refractivity contribution is 0.0940. The molecule has 1 aliphatic rings. The van der Waals surface area contributed by atoms with Crippen molar-refractivity contribution in [2.24, 2.45) is 0 Å². The highest BCUT2D eigenvalue weighted by Crippen LogP contribution is 2.27. The summed E-state index contributed by atoms with van der Waals surface area (Å²) in [4.78, 5) is 15.6. The molecular formula is C18H17FN4OS. The van der Waals surface area contributed by atoms with Gasteiger partial charge >= 0.3 is 0 Å². The van der Waals surface area contributed by atoms with Gasteiger partial charge < -0.3 is 10.2 Å². The van der Waals surface area contributed by atoms with Crippen LogP contribution in [-0.4, -0.2) is 35.2 Å². The van der Waals surface area contributed by atoms with E-state index < -0.39 is 0 Å². The molecule has 7 heteroatoms. The summed E-state index contributed by atoms with van der Waals surface area (Å²) in [7, 11) is 0. The van der Waals surface area contributed by atoms with E-state index in [0.29, 0.717) is 12.1 Å². The van der Waals surface area contributed by atoms with Crippen LogP contribution in [0.5, 0.6) is 0 Å². The maximum absolute atomic E-state index is 13.0. The van der Waals surface area contributed by atoms with E-state index in [0.717, 1.165) is 29.4 Å². The molecule has 0 unspecified atom stereocenters. The van der Waals surface area contributed by atoms with Crippen LogP contribution in [0.3, 0.4) is 0 Å². The number of carbonyl (C=O) groups is 1. The number of nitrogens with zero attached hydrogens (tertiary/aromatic N) is 2. The number of aromatic amines is 1. The van der Waals surface area contributed by atoms with Crippen molar-refractivity contribution in [3.05, 3.63) is 59.2 Å². The first-order valence-corrected chi connectivity index (χ1v) is 8.98. The molecule has 0 radical (unpaired) electrons. The molecule has 0 aliphatic carbocycles.